The van der Waals surface area contributed by atoms with E-state index in [0.717, 1.165) is 78.1 Å². The predicted molar refractivity (Wildman–Crippen MR) is 260 cm³/mol. The summed E-state index contributed by atoms with van der Waals surface area (Å²) in [6.45, 7) is 11.5. The number of carbonyl (C=O) groups is 1. The Hall–Kier alpha value is -4.64. The average Bonchev–Trinajstić information content (AvgIpc) is 3.32. The number of allylic oxidation sites excluding steroid dienone is 1. The Balaban J connectivity index is 1.45. The number of ether oxygens (including phenoxy) is 4. The average molecular weight is 893 g/mol. The van der Waals surface area contributed by atoms with Crippen molar-refractivity contribution in [3.63, 3.8) is 0 Å². The zero-order valence-electron chi connectivity index (χ0n) is 39.3. The first kappa shape index (κ1) is 49.8. The lowest BCUT2D eigenvalue weighted by Gasteiger charge is -2.59. The number of carbonyl (C=O) groups excluding carboxylic acids is 1. The fourth-order valence-electron chi connectivity index (χ4n) is 10.8. The van der Waals surface area contributed by atoms with Gasteiger partial charge in [0.15, 0.2) is 0 Å². The summed E-state index contributed by atoms with van der Waals surface area (Å²) in [6, 6.07) is 19.8. The van der Waals surface area contributed by atoms with Crippen molar-refractivity contribution in [3.05, 3.63) is 109 Å². The predicted octanol–water partition coefficient (Wildman–Crippen LogP) is 12.2. The highest BCUT2D eigenvalue weighted by Crippen LogP contribution is 2.62. The number of benzene rings is 3. The number of rotatable bonds is 29. The fraction of sp³-hybridized carbons (Fsp3) is 0.564. The largest absolute Gasteiger partial charge is 0.490 e. The summed E-state index contributed by atoms with van der Waals surface area (Å²) in [6.07, 6.45) is 22.3. The molecule has 10 nitrogen and oxygen atoms in total. The molecule has 3 aromatic carbocycles. The molecule has 2 aliphatic carbocycles. The first-order valence-electron chi connectivity index (χ1n) is 24.7. The third-order valence-electron chi connectivity index (χ3n) is 13.8. The number of hydrogen-bond acceptors (Lipinski definition) is 9. The van der Waals surface area contributed by atoms with Gasteiger partial charge in [0.05, 0.1) is 31.4 Å². The molecule has 0 bridgehead atoms. The van der Waals surface area contributed by atoms with Crippen LogP contribution < -0.4 is 9.47 Å². The van der Waals surface area contributed by atoms with Crippen molar-refractivity contribution in [2.45, 2.75) is 140 Å². The van der Waals surface area contributed by atoms with Gasteiger partial charge in [-0.3, -0.25) is 4.90 Å². The molecule has 0 saturated heterocycles. The molecule has 0 spiro atoms. The number of aliphatic hydroxyl groups excluding tert-OH is 2. The van der Waals surface area contributed by atoms with Crippen molar-refractivity contribution in [1.29, 1.82) is 0 Å². The number of hydrogen-bond donors (Lipinski definition) is 2. The van der Waals surface area contributed by atoms with E-state index in [4.69, 9.17) is 28.9 Å². The molecular formula is C55H76N2O8. The van der Waals surface area contributed by atoms with Gasteiger partial charge >= 0.3 is 6.09 Å². The summed E-state index contributed by atoms with van der Waals surface area (Å²) in [5.41, 5.74) is 3.71. The van der Waals surface area contributed by atoms with Crippen molar-refractivity contribution in [2.24, 2.45) is 22.9 Å². The topological polar surface area (TPSA) is 119 Å². The van der Waals surface area contributed by atoms with Gasteiger partial charge in [0.25, 0.3) is 0 Å². The van der Waals surface area contributed by atoms with Gasteiger partial charge in [-0.25, -0.2) is 4.79 Å². The van der Waals surface area contributed by atoms with Crippen LogP contribution in [-0.4, -0.2) is 78.9 Å². The van der Waals surface area contributed by atoms with Gasteiger partial charge in [-0.1, -0.05) is 150 Å². The van der Waals surface area contributed by atoms with E-state index >= 15 is 4.79 Å². The van der Waals surface area contributed by atoms with E-state index < -0.39 is 23.8 Å². The van der Waals surface area contributed by atoms with Crippen LogP contribution >= 0.6 is 0 Å². The summed E-state index contributed by atoms with van der Waals surface area (Å²) >= 11 is 0. The number of fused-ring (bicyclic) bond motifs is 3. The molecule has 6 atom stereocenters. The van der Waals surface area contributed by atoms with Crippen molar-refractivity contribution >= 4 is 22.6 Å². The summed E-state index contributed by atoms with van der Waals surface area (Å²) < 4.78 is 27.1. The Labute approximate surface area is 388 Å². The number of nitrogens with zero attached hydrogens (tertiary/aromatic N) is 2. The van der Waals surface area contributed by atoms with E-state index in [1.165, 1.54) is 44.9 Å². The van der Waals surface area contributed by atoms with Crippen LogP contribution in [0.3, 0.4) is 0 Å². The minimum atomic E-state index is -1.40. The highest BCUT2D eigenvalue weighted by Gasteiger charge is 2.65. The lowest BCUT2D eigenvalue weighted by Crippen LogP contribution is -2.70. The van der Waals surface area contributed by atoms with Crippen LogP contribution in [0.2, 0.25) is 0 Å². The highest BCUT2D eigenvalue weighted by molar-refractivity contribution is 6.03. The SMILES string of the molecule is C=CCOc1ccc2c(c1)[C@H]1[C@H](CCCCO)[C@@H](CCCCO)C=C3C(=NOC)C[C@H](N(Cc4cccc5ccccc45)C(=O)OCCCCCCCCCCCC)[C@@](OCC=C)(O2)[C@H]31. The second-order valence-electron chi connectivity index (χ2n) is 18.1. The van der Waals surface area contributed by atoms with E-state index in [1.54, 1.807) is 19.3 Å². The number of amides is 1. The van der Waals surface area contributed by atoms with Crippen LogP contribution in [0.15, 0.2) is 103 Å². The molecule has 0 unspecified atom stereocenters. The maximum atomic E-state index is 15.1. The van der Waals surface area contributed by atoms with Crippen molar-refractivity contribution < 1.29 is 38.8 Å². The molecule has 3 aromatic rings. The summed E-state index contributed by atoms with van der Waals surface area (Å²) in [4.78, 5) is 22.6. The lowest BCUT2D eigenvalue weighted by molar-refractivity contribution is -0.256. The fourth-order valence-corrected chi connectivity index (χ4v) is 10.8. The van der Waals surface area contributed by atoms with Gasteiger partial charge < -0.3 is 34.0 Å². The van der Waals surface area contributed by atoms with Gasteiger partial charge in [-0.2, -0.15) is 0 Å². The monoisotopic (exact) mass is 893 g/mol. The molecule has 1 saturated carbocycles. The smallest absolute Gasteiger partial charge is 0.410 e. The molecule has 0 aromatic heterocycles. The first-order chi connectivity index (χ1) is 31.9. The van der Waals surface area contributed by atoms with Crippen molar-refractivity contribution in [3.8, 4) is 11.5 Å². The molecule has 3 aliphatic rings. The quantitative estimate of drug-likeness (QED) is 0.0402. The summed E-state index contributed by atoms with van der Waals surface area (Å²) in [5, 5.41) is 26.8. The maximum absolute atomic E-state index is 15.1. The molecule has 1 amide bonds. The van der Waals surface area contributed by atoms with E-state index in [0.29, 0.717) is 37.6 Å². The van der Waals surface area contributed by atoms with Crippen LogP contribution in [0.1, 0.15) is 133 Å². The van der Waals surface area contributed by atoms with Crippen LogP contribution in [0.4, 0.5) is 4.79 Å². The molecule has 1 fully saturated rings. The molecule has 354 valence electrons. The summed E-state index contributed by atoms with van der Waals surface area (Å²) in [5.74, 6) is -0.412. The Morgan fingerprint density at radius 1 is 0.862 bits per heavy atom. The van der Waals surface area contributed by atoms with Gasteiger partial charge in [-0.15, -0.1) is 6.58 Å². The normalized spacial score (nSPS) is 22.6. The highest BCUT2D eigenvalue weighted by atomic mass is 16.7. The third-order valence-corrected chi connectivity index (χ3v) is 13.8. The Bertz CT molecular complexity index is 2030. The van der Waals surface area contributed by atoms with E-state index in [9.17, 15) is 10.2 Å². The minimum Gasteiger partial charge on any atom is -0.490 e. The number of oxime groups is 1. The molecule has 65 heavy (non-hydrogen) atoms. The molecule has 6 rings (SSSR count). The first-order valence-corrected chi connectivity index (χ1v) is 24.7. The summed E-state index contributed by atoms with van der Waals surface area (Å²) in [7, 11) is 1.57. The minimum absolute atomic E-state index is 0.0929. The number of aliphatic hydroxyl groups is 2. The van der Waals surface area contributed by atoms with Gasteiger partial charge in [-0.05, 0) is 84.0 Å². The van der Waals surface area contributed by atoms with Crippen LogP contribution in [0, 0.1) is 17.8 Å². The molecule has 1 aliphatic heterocycles. The molecule has 2 N–H and O–H groups in total. The van der Waals surface area contributed by atoms with Crippen molar-refractivity contribution in [1.82, 2.24) is 4.90 Å². The van der Waals surface area contributed by atoms with Gasteiger partial charge in [0.1, 0.15) is 31.3 Å². The van der Waals surface area contributed by atoms with Crippen LogP contribution in [0.25, 0.3) is 10.8 Å². The Kier molecular flexibility index (Phi) is 19.8. The van der Waals surface area contributed by atoms with E-state index in [1.807, 2.05) is 35.2 Å². The van der Waals surface area contributed by atoms with Gasteiger partial charge in [0.2, 0.25) is 5.79 Å². The van der Waals surface area contributed by atoms with Crippen molar-refractivity contribution in [2.75, 3.05) is 40.1 Å². The second kappa shape index (κ2) is 25.9. The lowest BCUT2D eigenvalue weighted by atomic mass is 9.55. The zero-order chi connectivity index (χ0) is 45.9. The second-order valence-corrected chi connectivity index (χ2v) is 18.1. The molecule has 10 heteroatoms. The zero-order valence-corrected chi connectivity index (χ0v) is 39.3. The third kappa shape index (κ3) is 12.4. The Morgan fingerprint density at radius 3 is 2.29 bits per heavy atom. The van der Waals surface area contributed by atoms with E-state index in [2.05, 4.69) is 56.5 Å². The maximum Gasteiger partial charge on any atom is 0.410 e. The molecule has 0 radical (unpaired) electrons. The molecule has 1 heterocycles. The number of unbranched alkanes of at least 4 members (excludes halogenated alkanes) is 11. The van der Waals surface area contributed by atoms with E-state index in [-0.39, 0.29) is 50.5 Å². The molecular weight excluding hydrogens is 817 g/mol. The van der Waals surface area contributed by atoms with Crippen LogP contribution in [-0.2, 0) is 20.9 Å². The standard InChI is InChI=1S/C55H76N2O8/c1-5-8-9-10-11-12-13-14-15-22-36-63-54(60)57(40-43-27-23-26-41-24-16-17-28-45(41)43)51-39-49(56-61-4)47-37-42(25-18-20-32-58)46(29-19-21-33-59)52-48-38-44(62-34-6-2)30-31-50(48)65-55(51,53(47)52)64-35-7-3/h6-7,16-17,23-24,26-28,30-31,37-38,42,46,51-53,58-59H,2-3,5,8-15,18-22,25,29,32-36,39-40H2,1,4H3/t42-,46+,51-,52+,53+,55+/m0/s1. The Morgan fingerprint density at radius 2 is 1.57 bits per heavy atom. The van der Waals surface area contributed by atoms with Crippen LogP contribution in [0.5, 0.6) is 11.5 Å². The van der Waals surface area contributed by atoms with Gasteiger partial charge in [0, 0.05) is 31.1 Å².